The maximum Gasteiger partial charge on any atom is 0.276 e. The fourth-order valence-corrected chi connectivity index (χ4v) is 2.28. The molecular formula is C16H19Cl2N5O. The van der Waals surface area contributed by atoms with Gasteiger partial charge in [-0.2, -0.15) is 0 Å². The Labute approximate surface area is 151 Å². The van der Waals surface area contributed by atoms with Gasteiger partial charge in [-0.15, -0.1) is 10.2 Å². The van der Waals surface area contributed by atoms with Gasteiger partial charge < -0.3 is 15.5 Å². The van der Waals surface area contributed by atoms with Crippen LogP contribution in [0.4, 0.5) is 11.5 Å². The monoisotopic (exact) mass is 367 g/mol. The predicted molar refractivity (Wildman–Crippen MR) is 98.1 cm³/mol. The molecule has 0 unspecified atom stereocenters. The van der Waals surface area contributed by atoms with Crippen LogP contribution in [0.15, 0.2) is 30.3 Å². The summed E-state index contributed by atoms with van der Waals surface area (Å²) in [6.45, 7) is 1.78. The van der Waals surface area contributed by atoms with Gasteiger partial charge in [0.1, 0.15) is 5.82 Å². The van der Waals surface area contributed by atoms with E-state index in [0.29, 0.717) is 21.6 Å². The third-order valence-corrected chi connectivity index (χ3v) is 3.73. The summed E-state index contributed by atoms with van der Waals surface area (Å²) in [6.07, 6.45) is 0.990. The van der Waals surface area contributed by atoms with Gasteiger partial charge in [-0.05, 0) is 57.4 Å². The number of amides is 1. The summed E-state index contributed by atoms with van der Waals surface area (Å²) in [5.41, 5.74) is 0.631. The van der Waals surface area contributed by atoms with Gasteiger partial charge in [-0.25, -0.2) is 0 Å². The first-order valence-electron chi connectivity index (χ1n) is 7.44. The number of hydrogen-bond donors (Lipinski definition) is 2. The highest BCUT2D eigenvalue weighted by Gasteiger charge is 2.11. The SMILES string of the molecule is CN(C)CCCNc1ccc(C(=O)Nc2cc(Cl)ccc2Cl)nn1. The second-order valence-corrected chi connectivity index (χ2v) is 6.31. The largest absolute Gasteiger partial charge is 0.369 e. The first kappa shape index (κ1) is 18.4. The van der Waals surface area contributed by atoms with Crippen LogP contribution < -0.4 is 10.6 Å². The fourth-order valence-electron chi connectivity index (χ4n) is 1.94. The van der Waals surface area contributed by atoms with E-state index in [1.54, 1.807) is 30.3 Å². The zero-order valence-electron chi connectivity index (χ0n) is 13.5. The molecule has 128 valence electrons. The Hall–Kier alpha value is -1.89. The van der Waals surface area contributed by atoms with E-state index in [9.17, 15) is 4.79 Å². The lowest BCUT2D eigenvalue weighted by atomic mass is 10.3. The average Bonchev–Trinajstić information content (AvgIpc) is 2.55. The van der Waals surface area contributed by atoms with Crippen molar-refractivity contribution in [3.8, 4) is 0 Å². The van der Waals surface area contributed by atoms with E-state index in [2.05, 4.69) is 25.7 Å². The quantitative estimate of drug-likeness (QED) is 0.733. The van der Waals surface area contributed by atoms with Crippen molar-refractivity contribution in [1.82, 2.24) is 15.1 Å². The maximum atomic E-state index is 12.2. The normalized spacial score (nSPS) is 10.7. The van der Waals surface area contributed by atoms with Crippen LogP contribution in [-0.2, 0) is 0 Å². The molecule has 0 saturated heterocycles. The third kappa shape index (κ3) is 5.63. The second kappa shape index (κ2) is 8.82. The van der Waals surface area contributed by atoms with E-state index in [0.717, 1.165) is 19.5 Å². The molecule has 0 aliphatic heterocycles. The Balaban J connectivity index is 1.92. The van der Waals surface area contributed by atoms with E-state index in [-0.39, 0.29) is 5.69 Å². The van der Waals surface area contributed by atoms with Crippen molar-refractivity contribution in [2.45, 2.75) is 6.42 Å². The van der Waals surface area contributed by atoms with Crippen molar-refractivity contribution in [3.63, 3.8) is 0 Å². The highest BCUT2D eigenvalue weighted by Crippen LogP contribution is 2.25. The summed E-state index contributed by atoms with van der Waals surface area (Å²) in [7, 11) is 4.05. The lowest BCUT2D eigenvalue weighted by molar-refractivity contribution is 0.102. The minimum atomic E-state index is -0.397. The molecule has 0 atom stereocenters. The van der Waals surface area contributed by atoms with Crippen LogP contribution in [0.1, 0.15) is 16.9 Å². The molecule has 6 nitrogen and oxygen atoms in total. The Morgan fingerprint density at radius 2 is 1.96 bits per heavy atom. The summed E-state index contributed by atoms with van der Waals surface area (Å²) in [5, 5.41) is 14.6. The van der Waals surface area contributed by atoms with Gasteiger partial charge in [0.2, 0.25) is 0 Å². The first-order valence-corrected chi connectivity index (χ1v) is 8.20. The number of aromatic nitrogens is 2. The summed E-state index contributed by atoms with van der Waals surface area (Å²) in [5.74, 6) is 0.233. The van der Waals surface area contributed by atoms with Crippen LogP contribution in [0.3, 0.4) is 0 Å². The summed E-state index contributed by atoms with van der Waals surface area (Å²) >= 11 is 11.9. The lowest BCUT2D eigenvalue weighted by Crippen LogP contribution is -2.17. The van der Waals surface area contributed by atoms with Gasteiger partial charge in [0.05, 0.1) is 10.7 Å². The van der Waals surface area contributed by atoms with Crippen LogP contribution >= 0.6 is 23.2 Å². The fraction of sp³-hybridized carbons (Fsp3) is 0.312. The van der Waals surface area contributed by atoms with E-state index >= 15 is 0 Å². The number of halogens is 2. The Morgan fingerprint density at radius 3 is 2.62 bits per heavy atom. The number of carbonyl (C=O) groups is 1. The lowest BCUT2D eigenvalue weighted by Gasteiger charge is -2.10. The van der Waals surface area contributed by atoms with Gasteiger partial charge >= 0.3 is 0 Å². The summed E-state index contributed by atoms with van der Waals surface area (Å²) in [6, 6.07) is 8.17. The predicted octanol–water partition coefficient (Wildman–Crippen LogP) is 3.40. The third-order valence-electron chi connectivity index (χ3n) is 3.16. The number of rotatable bonds is 7. The Kier molecular flexibility index (Phi) is 6.78. The van der Waals surface area contributed by atoms with Gasteiger partial charge in [0, 0.05) is 11.6 Å². The number of nitrogens with one attached hydrogen (secondary N) is 2. The average molecular weight is 368 g/mol. The molecule has 1 aromatic heterocycles. The van der Waals surface area contributed by atoms with E-state index in [1.807, 2.05) is 14.1 Å². The molecule has 2 N–H and O–H groups in total. The highest BCUT2D eigenvalue weighted by atomic mass is 35.5. The van der Waals surface area contributed by atoms with Crippen molar-refractivity contribution >= 4 is 40.6 Å². The van der Waals surface area contributed by atoms with Gasteiger partial charge in [-0.1, -0.05) is 23.2 Å². The zero-order valence-corrected chi connectivity index (χ0v) is 15.0. The van der Waals surface area contributed by atoms with Crippen LogP contribution in [-0.4, -0.2) is 48.2 Å². The molecule has 1 amide bonds. The molecule has 1 aromatic carbocycles. The maximum absolute atomic E-state index is 12.2. The minimum Gasteiger partial charge on any atom is -0.369 e. The molecule has 1 heterocycles. The van der Waals surface area contributed by atoms with Crippen molar-refractivity contribution in [2.24, 2.45) is 0 Å². The van der Waals surface area contributed by atoms with Crippen molar-refractivity contribution in [3.05, 3.63) is 46.1 Å². The van der Waals surface area contributed by atoms with Crippen molar-refractivity contribution < 1.29 is 4.79 Å². The molecule has 0 bridgehead atoms. The van der Waals surface area contributed by atoms with E-state index < -0.39 is 5.91 Å². The van der Waals surface area contributed by atoms with Crippen molar-refractivity contribution in [1.29, 1.82) is 0 Å². The molecule has 0 aliphatic carbocycles. The van der Waals surface area contributed by atoms with Gasteiger partial charge in [0.25, 0.3) is 5.91 Å². The summed E-state index contributed by atoms with van der Waals surface area (Å²) in [4.78, 5) is 14.3. The molecule has 0 radical (unpaired) electrons. The smallest absolute Gasteiger partial charge is 0.276 e. The van der Waals surface area contributed by atoms with Crippen LogP contribution in [0.25, 0.3) is 0 Å². The van der Waals surface area contributed by atoms with E-state index in [4.69, 9.17) is 23.2 Å². The molecular weight excluding hydrogens is 349 g/mol. The molecule has 0 aliphatic rings. The zero-order chi connectivity index (χ0) is 17.5. The number of anilines is 2. The molecule has 0 fully saturated rings. The molecule has 0 spiro atoms. The molecule has 0 saturated carbocycles. The Morgan fingerprint density at radius 1 is 1.17 bits per heavy atom. The first-order chi connectivity index (χ1) is 11.5. The molecule has 2 rings (SSSR count). The number of hydrogen-bond acceptors (Lipinski definition) is 5. The number of nitrogens with zero attached hydrogens (tertiary/aromatic N) is 3. The van der Waals surface area contributed by atoms with Crippen LogP contribution in [0.5, 0.6) is 0 Å². The molecule has 2 aromatic rings. The Bertz CT molecular complexity index is 691. The van der Waals surface area contributed by atoms with Crippen LogP contribution in [0, 0.1) is 0 Å². The van der Waals surface area contributed by atoms with Crippen LogP contribution in [0.2, 0.25) is 10.0 Å². The highest BCUT2D eigenvalue weighted by molar-refractivity contribution is 6.35. The summed E-state index contributed by atoms with van der Waals surface area (Å²) < 4.78 is 0. The number of carbonyl (C=O) groups excluding carboxylic acids is 1. The van der Waals surface area contributed by atoms with E-state index in [1.165, 1.54) is 0 Å². The second-order valence-electron chi connectivity index (χ2n) is 5.47. The topological polar surface area (TPSA) is 70.2 Å². The number of benzene rings is 1. The standard InChI is InChI=1S/C16H19Cl2N5O/c1-23(2)9-3-8-19-15-7-6-13(21-22-15)16(24)20-14-10-11(17)4-5-12(14)18/h4-7,10H,3,8-9H2,1-2H3,(H,19,22)(H,20,24). The van der Waals surface area contributed by atoms with Crippen molar-refractivity contribution in [2.75, 3.05) is 37.8 Å². The van der Waals surface area contributed by atoms with Gasteiger partial charge in [-0.3, -0.25) is 4.79 Å². The minimum absolute atomic E-state index is 0.199. The molecule has 8 heteroatoms. The van der Waals surface area contributed by atoms with Gasteiger partial charge in [0.15, 0.2) is 5.69 Å². The molecule has 24 heavy (non-hydrogen) atoms.